The van der Waals surface area contributed by atoms with Crippen molar-refractivity contribution >= 4 is 29.9 Å². The second-order valence-electron chi connectivity index (χ2n) is 6.87. The summed E-state index contributed by atoms with van der Waals surface area (Å²) in [6, 6.07) is 8.22. The molecule has 1 saturated carbocycles. The number of nitrogens with one attached hydrogen (secondary N) is 3. The lowest BCUT2D eigenvalue weighted by molar-refractivity contribution is 0.0277. The monoisotopic (exact) mass is 498 g/mol. The third-order valence-corrected chi connectivity index (χ3v) is 4.82. The summed E-state index contributed by atoms with van der Waals surface area (Å²) in [4.78, 5) is 8.48. The number of benzene rings is 1. The number of hydrogen-bond acceptors (Lipinski definition) is 4. The summed E-state index contributed by atoms with van der Waals surface area (Å²) >= 11 is 0. The van der Waals surface area contributed by atoms with Crippen LogP contribution in [0, 0.1) is 0 Å². The van der Waals surface area contributed by atoms with Crippen LogP contribution in [0.15, 0.2) is 35.6 Å². The summed E-state index contributed by atoms with van der Waals surface area (Å²) in [7, 11) is 1.79. The summed E-state index contributed by atoms with van der Waals surface area (Å²) in [5.74, 6) is 1.58. The lowest BCUT2D eigenvalue weighted by Crippen LogP contribution is -2.37. The van der Waals surface area contributed by atoms with Crippen molar-refractivity contribution in [2.24, 2.45) is 4.99 Å². The van der Waals surface area contributed by atoms with Crippen LogP contribution >= 0.6 is 24.0 Å². The molecular formula is C20H31IN6O. The Morgan fingerprint density at radius 2 is 2.11 bits per heavy atom. The molecule has 8 heteroatoms. The van der Waals surface area contributed by atoms with Gasteiger partial charge >= 0.3 is 0 Å². The zero-order valence-corrected chi connectivity index (χ0v) is 18.8. The molecular weight excluding hydrogens is 467 g/mol. The van der Waals surface area contributed by atoms with Gasteiger partial charge in [-0.25, -0.2) is 4.98 Å². The van der Waals surface area contributed by atoms with Gasteiger partial charge in [-0.1, -0.05) is 37.5 Å². The van der Waals surface area contributed by atoms with Crippen LogP contribution in [-0.2, 0) is 11.3 Å². The number of aromatic amines is 1. The summed E-state index contributed by atoms with van der Waals surface area (Å²) in [6.07, 6.45) is 9.43. The smallest absolute Gasteiger partial charge is 0.191 e. The van der Waals surface area contributed by atoms with E-state index in [2.05, 4.69) is 42.9 Å². The van der Waals surface area contributed by atoms with Crippen molar-refractivity contribution in [1.29, 1.82) is 0 Å². The zero-order valence-electron chi connectivity index (χ0n) is 16.5. The molecule has 0 saturated heterocycles. The van der Waals surface area contributed by atoms with Gasteiger partial charge in [-0.3, -0.25) is 10.1 Å². The third-order valence-electron chi connectivity index (χ3n) is 4.82. The SMILES string of the molecule is CN=C(NCCCOC1CCCCC1)NCc1cccc(-c2ncn[nH]2)c1.I. The van der Waals surface area contributed by atoms with Crippen molar-refractivity contribution in [3.05, 3.63) is 36.2 Å². The molecule has 0 radical (unpaired) electrons. The number of H-pyrrole nitrogens is 1. The first kappa shape index (κ1) is 22.6. The van der Waals surface area contributed by atoms with Crippen molar-refractivity contribution in [1.82, 2.24) is 25.8 Å². The normalized spacial score (nSPS) is 15.1. The minimum Gasteiger partial charge on any atom is -0.378 e. The topological polar surface area (TPSA) is 87.2 Å². The Kier molecular flexibility index (Phi) is 10.3. The van der Waals surface area contributed by atoms with Crippen LogP contribution < -0.4 is 10.6 Å². The molecule has 1 aromatic heterocycles. The molecule has 3 N–H and O–H groups in total. The van der Waals surface area contributed by atoms with Gasteiger partial charge in [0.1, 0.15) is 6.33 Å². The zero-order chi connectivity index (χ0) is 18.7. The fraction of sp³-hybridized carbons (Fsp3) is 0.550. The summed E-state index contributed by atoms with van der Waals surface area (Å²) in [6.45, 7) is 2.36. The minimum absolute atomic E-state index is 0. The van der Waals surface area contributed by atoms with Gasteiger partial charge in [0.25, 0.3) is 0 Å². The molecule has 3 rings (SSSR count). The number of aromatic nitrogens is 3. The maximum atomic E-state index is 5.96. The van der Waals surface area contributed by atoms with Crippen molar-refractivity contribution in [2.45, 2.75) is 51.2 Å². The second-order valence-corrected chi connectivity index (χ2v) is 6.87. The van der Waals surface area contributed by atoms with E-state index in [-0.39, 0.29) is 24.0 Å². The molecule has 0 aliphatic heterocycles. The van der Waals surface area contributed by atoms with Gasteiger partial charge in [-0.15, -0.1) is 24.0 Å². The van der Waals surface area contributed by atoms with Crippen LogP contribution in [0.1, 0.15) is 44.1 Å². The molecule has 1 aliphatic carbocycles. The first-order valence-electron chi connectivity index (χ1n) is 9.86. The van der Waals surface area contributed by atoms with Gasteiger partial charge in [0, 0.05) is 32.3 Å². The number of halogens is 1. The Hall–Kier alpha value is -1.68. The van der Waals surface area contributed by atoms with Crippen LogP contribution in [0.2, 0.25) is 0 Å². The Balaban J connectivity index is 0.00000280. The van der Waals surface area contributed by atoms with Crippen LogP contribution in [0.4, 0.5) is 0 Å². The fourth-order valence-corrected chi connectivity index (χ4v) is 3.34. The van der Waals surface area contributed by atoms with E-state index < -0.39 is 0 Å². The molecule has 1 heterocycles. The maximum absolute atomic E-state index is 5.96. The first-order chi connectivity index (χ1) is 13.3. The largest absolute Gasteiger partial charge is 0.378 e. The highest BCUT2D eigenvalue weighted by molar-refractivity contribution is 14.0. The predicted octanol–water partition coefficient (Wildman–Crippen LogP) is 3.49. The van der Waals surface area contributed by atoms with Crippen LogP contribution in [0.5, 0.6) is 0 Å². The highest BCUT2D eigenvalue weighted by Gasteiger charge is 2.13. The van der Waals surface area contributed by atoms with Crippen molar-refractivity contribution in [3.8, 4) is 11.4 Å². The molecule has 2 aromatic rings. The number of aliphatic imine (C=N–C) groups is 1. The van der Waals surface area contributed by atoms with E-state index in [1.54, 1.807) is 7.05 Å². The van der Waals surface area contributed by atoms with Crippen molar-refractivity contribution < 1.29 is 4.74 Å². The Morgan fingerprint density at radius 3 is 2.86 bits per heavy atom. The maximum Gasteiger partial charge on any atom is 0.191 e. The van der Waals surface area contributed by atoms with Crippen molar-refractivity contribution in [2.75, 3.05) is 20.2 Å². The van der Waals surface area contributed by atoms with Gasteiger partial charge in [0.05, 0.1) is 6.10 Å². The number of ether oxygens (including phenoxy) is 1. The van der Waals surface area contributed by atoms with Gasteiger partial charge < -0.3 is 15.4 Å². The summed E-state index contributed by atoms with van der Waals surface area (Å²) in [5.41, 5.74) is 2.18. The quantitative estimate of drug-likeness (QED) is 0.225. The summed E-state index contributed by atoms with van der Waals surface area (Å²) < 4.78 is 5.96. The molecule has 7 nitrogen and oxygen atoms in total. The van der Waals surface area contributed by atoms with E-state index in [1.807, 2.05) is 12.1 Å². The van der Waals surface area contributed by atoms with Gasteiger partial charge in [0.15, 0.2) is 11.8 Å². The minimum atomic E-state index is 0. The molecule has 1 aromatic carbocycles. The Bertz CT molecular complexity index is 700. The summed E-state index contributed by atoms with van der Waals surface area (Å²) in [5, 5.41) is 13.5. The fourth-order valence-electron chi connectivity index (χ4n) is 3.34. The number of guanidine groups is 1. The third kappa shape index (κ3) is 7.38. The van der Waals surface area contributed by atoms with E-state index in [1.165, 1.54) is 38.4 Å². The lowest BCUT2D eigenvalue weighted by atomic mass is 9.98. The van der Waals surface area contributed by atoms with E-state index in [9.17, 15) is 0 Å². The Morgan fingerprint density at radius 1 is 1.25 bits per heavy atom. The highest BCUT2D eigenvalue weighted by Crippen LogP contribution is 2.20. The number of nitrogens with zero attached hydrogens (tertiary/aromatic N) is 3. The second kappa shape index (κ2) is 12.7. The number of hydrogen-bond donors (Lipinski definition) is 3. The first-order valence-corrected chi connectivity index (χ1v) is 9.86. The van der Waals surface area contributed by atoms with Gasteiger partial charge in [-0.05, 0) is 30.9 Å². The van der Waals surface area contributed by atoms with E-state index in [0.717, 1.165) is 42.5 Å². The van der Waals surface area contributed by atoms with Crippen LogP contribution in [0.25, 0.3) is 11.4 Å². The molecule has 0 bridgehead atoms. The molecule has 0 amide bonds. The van der Waals surface area contributed by atoms with Crippen LogP contribution in [-0.4, -0.2) is 47.4 Å². The Labute approximate surface area is 184 Å². The molecule has 0 spiro atoms. The molecule has 1 aliphatic rings. The van der Waals surface area contributed by atoms with E-state index in [0.29, 0.717) is 12.6 Å². The van der Waals surface area contributed by atoms with E-state index >= 15 is 0 Å². The molecule has 28 heavy (non-hydrogen) atoms. The molecule has 0 unspecified atom stereocenters. The molecule has 0 atom stereocenters. The lowest BCUT2D eigenvalue weighted by Gasteiger charge is -2.22. The standard InChI is InChI=1S/C20H30N6O.HI/c1-21-20(22-11-6-12-27-18-9-3-2-4-10-18)23-14-16-7-5-8-17(13-16)19-24-15-25-26-19;/h5,7-8,13,15,18H,2-4,6,9-12,14H2,1H3,(H2,21,22,23)(H,24,25,26);1H. The molecule has 1 fully saturated rings. The number of rotatable bonds is 8. The average molecular weight is 498 g/mol. The van der Waals surface area contributed by atoms with Gasteiger partial charge in [-0.2, -0.15) is 5.10 Å². The predicted molar refractivity (Wildman–Crippen MR) is 123 cm³/mol. The van der Waals surface area contributed by atoms with Gasteiger partial charge in [0.2, 0.25) is 0 Å². The average Bonchev–Trinajstić information content (AvgIpc) is 3.26. The van der Waals surface area contributed by atoms with Crippen molar-refractivity contribution in [3.63, 3.8) is 0 Å². The van der Waals surface area contributed by atoms with Crippen LogP contribution in [0.3, 0.4) is 0 Å². The highest BCUT2D eigenvalue weighted by atomic mass is 127. The molecule has 154 valence electrons. The van der Waals surface area contributed by atoms with E-state index in [4.69, 9.17) is 4.74 Å².